The Morgan fingerprint density at radius 1 is 1.23 bits per heavy atom. The van der Waals surface area contributed by atoms with Crippen molar-refractivity contribution in [3.05, 3.63) is 42.7 Å². The molecule has 0 radical (unpaired) electrons. The molecule has 0 saturated heterocycles. The van der Waals surface area contributed by atoms with E-state index in [2.05, 4.69) is 42.9 Å². The molecule has 0 saturated carbocycles. The van der Waals surface area contributed by atoms with Crippen LogP contribution < -0.4 is 10.1 Å². The van der Waals surface area contributed by atoms with Crippen LogP contribution in [0.4, 0.5) is 5.69 Å². The van der Waals surface area contributed by atoms with Crippen molar-refractivity contribution >= 4 is 11.6 Å². The Bertz CT molecular complexity index is 814. The minimum Gasteiger partial charge on any atom is -0.496 e. The minimum atomic E-state index is -0.00445. The average Bonchev–Trinajstić information content (AvgIpc) is 3.35. The van der Waals surface area contributed by atoms with Crippen LogP contribution in [0.5, 0.6) is 5.75 Å². The van der Waals surface area contributed by atoms with Crippen LogP contribution in [0.3, 0.4) is 0 Å². The quantitative estimate of drug-likeness (QED) is 0.576. The van der Waals surface area contributed by atoms with Gasteiger partial charge in [0.15, 0.2) is 0 Å². The first-order chi connectivity index (χ1) is 12.8. The summed E-state index contributed by atoms with van der Waals surface area (Å²) in [7, 11) is 1.57. The Kier molecular flexibility index (Phi) is 5.97. The number of aryl methyl sites for hydroxylation is 1. The normalized spacial score (nSPS) is 10.7. The number of rotatable bonds is 9. The number of anilines is 1. The average molecular weight is 354 g/mol. The van der Waals surface area contributed by atoms with E-state index in [0.717, 1.165) is 25.8 Å². The highest BCUT2D eigenvalue weighted by Gasteiger charge is 2.12. The van der Waals surface area contributed by atoms with Crippen LogP contribution in [0, 0.1) is 0 Å². The molecule has 3 aromatic rings. The molecule has 2 aromatic heterocycles. The molecule has 3 rings (SSSR count). The molecule has 0 unspecified atom stereocenters. The lowest BCUT2D eigenvalue weighted by Gasteiger charge is -2.10. The zero-order valence-corrected chi connectivity index (χ0v) is 14.7. The van der Waals surface area contributed by atoms with Crippen molar-refractivity contribution in [1.29, 1.82) is 0 Å². The highest BCUT2D eigenvalue weighted by molar-refractivity contribution is 5.91. The van der Waals surface area contributed by atoms with Crippen molar-refractivity contribution in [3.63, 3.8) is 0 Å². The van der Waals surface area contributed by atoms with Crippen LogP contribution in [0.1, 0.15) is 25.7 Å². The number of benzene rings is 1. The number of carbonyl (C=O) groups is 1. The predicted octanol–water partition coefficient (Wildman–Crippen LogP) is 2.88. The van der Waals surface area contributed by atoms with Gasteiger partial charge < -0.3 is 14.6 Å². The highest BCUT2D eigenvalue weighted by atomic mass is 16.5. The van der Waals surface area contributed by atoms with E-state index in [-0.39, 0.29) is 5.91 Å². The van der Waals surface area contributed by atoms with Crippen molar-refractivity contribution in [2.75, 3.05) is 12.4 Å². The molecule has 136 valence electrons. The van der Waals surface area contributed by atoms with Gasteiger partial charge in [-0.05, 0) is 48.4 Å². The number of tetrazole rings is 1. The maximum absolute atomic E-state index is 12.2. The third-order valence-electron chi connectivity index (χ3n) is 4.06. The zero-order valence-electron chi connectivity index (χ0n) is 14.7. The van der Waals surface area contributed by atoms with E-state index in [0.29, 0.717) is 29.2 Å². The highest BCUT2D eigenvalue weighted by Crippen LogP contribution is 2.29. The SMILES string of the molecule is COc1ccc(NC(=O)CCCCCn2cccc2)cc1-c1nn[nH]n1. The van der Waals surface area contributed by atoms with E-state index in [1.165, 1.54) is 0 Å². The molecule has 0 atom stereocenters. The van der Waals surface area contributed by atoms with E-state index in [9.17, 15) is 4.79 Å². The summed E-state index contributed by atoms with van der Waals surface area (Å²) in [5, 5.41) is 16.8. The molecule has 8 heteroatoms. The second kappa shape index (κ2) is 8.80. The van der Waals surface area contributed by atoms with Crippen molar-refractivity contribution in [1.82, 2.24) is 25.2 Å². The van der Waals surface area contributed by atoms with E-state index >= 15 is 0 Å². The van der Waals surface area contributed by atoms with Crippen LogP contribution in [-0.4, -0.2) is 38.2 Å². The van der Waals surface area contributed by atoms with Gasteiger partial charge in [-0.15, -0.1) is 10.2 Å². The maximum atomic E-state index is 12.2. The van der Waals surface area contributed by atoms with Gasteiger partial charge in [-0.1, -0.05) is 6.42 Å². The topological polar surface area (TPSA) is 97.7 Å². The second-order valence-electron chi connectivity index (χ2n) is 5.93. The Labute approximate surface area is 151 Å². The molecular weight excluding hydrogens is 332 g/mol. The van der Waals surface area contributed by atoms with Gasteiger partial charge in [0, 0.05) is 31.0 Å². The number of aromatic nitrogens is 5. The number of nitrogens with zero attached hydrogens (tertiary/aromatic N) is 4. The van der Waals surface area contributed by atoms with Gasteiger partial charge in [-0.25, -0.2) is 0 Å². The standard InChI is InChI=1S/C18H22N6O2/c1-26-16-9-8-14(13-15(16)18-20-22-23-21-18)19-17(25)7-3-2-4-10-24-11-5-6-12-24/h5-6,8-9,11-13H,2-4,7,10H2,1H3,(H,19,25)(H,20,21,22,23). The summed E-state index contributed by atoms with van der Waals surface area (Å²) < 4.78 is 7.46. The van der Waals surface area contributed by atoms with Gasteiger partial charge in [0.25, 0.3) is 0 Å². The number of amides is 1. The molecule has 26 heavy (non-hydrogen) atoms. The first kappa shape index (κ1) is 17.7. The minimum absolute atomic E-state index is 0.00445. The maximum Gasteiger partial charge on any atom is 0.224 e. The predicted molar refractivity (Wildman–Crippen MR) is 97.7 cm³/mol. The number of ether oxygens (including phenoxy) is 1. The molecule has 0 bridgehead atoms. The van der Waals surface area contributed by atoms with Crippen molar-refractivity contribution in [2.45, 2.75) is 32.2 Å². The number of H-pyrrole nitrogens is 1. The Balaban J connectivity index is 1.48. The number of nitrogens with one attached hydrogen (secondary N) is 2. The smallest absolute Gasteiger partial charge is 0.224 e. The van der Waals surface area contributed by atoms with Crippen LogP contribution in [0.15, 0.2) is 42.7 Å². The largest absolute Gasteiger partial charge is 0.496 e. The molecule has 0 aliphatic heterocycles. The summed E-state index contributed by atoms with van der Waals surface area (Å²) in [5.41, 5.74) is 1.36. The summed E-state index contributed by atoms with van der Waals surface area (Å²) in [6.07, 6.45) is 7.54. The van der Waals surface area contributed by atoms with Gasteiger partial charge in [0.1, 0.15) is 5.75 Å². The first-order valence-corrected chi connectivity index (χ1v) is 8.59. The number of hydrogen-bond donors (Lipinski definition) is 2. The zero-order chi connectivity index (χ0) is 18.2. The summed E-state index contributed by atoms with van der Waals surface area (Å²) in [6.45, 7) is 0.987. The fourth-order valence-electron chi connectivity index (χ4n) is 2.74. The Morgan fingerprint density at radius 3 is 2.81 bits per heavy atom. The van der Waals surface area contributed by atoms with Crippen LogP contribution in [-0.2, 0) is 11.3 Å². The molecule has 2 heterocycles. The molecule has 0 aliphatic carbocycles. The van der Waals surface area contributed by atoms with Crippen molar-refractivity contribution in [2.24, 2.45) is 0 Å². The molecule has 2 N–H and O–H groups in total. The number of hydrogen-bond acceptors (Lipinski definition) is 5. The molecule has 0 aliphatic rings. The molecular formula is C18H22N6O2. The summed E-state index contributed by atoms with van der Waals surface area (Å²) in [6, 6.07) is 9.40. The van der Waals surface area contributed by atoms with Gasteiger partial charge in [0.05, 0.1) is 12.7 Å². The van der Waals surface area contributed by atoms with Gasteiger partial charge >= 0.3 is 0 Å². The Hall–Kier alpha value is -3.16. The van der Waals surface area contributed by atoms with Gasteiger partial charge in [-0.2, -0.15) is 5.21 Å². The third-order valence-corrected chi connectivity index (χ3v) is 4.06. The van der Waals surface area contributed by atoms with Gasteiger partial charge in [0.2, 0.25) is 11.7 Å². The molecule has 0 spiro atoms. The van der Waals surface area contributed by atoms with Gasteiger partial charge in [-0.3, -0.25) is 4.79 Å². The number of unbranched alkanes of at least 4 members (excludes halogenated alkanes) is 2. The van der Waals surface area contributed by atoms with Crippen LogP contribution >= 0.6 is 0 Å². The summed E-state index contributed by atoms with van der Waals surface area (Å²) in [4.78, 5) is 12.2. The van der Waals surface area contributed by atoms with E-state index in [4.69, 9.17) is 4.74 Å². The number of methoxy groups -OCH3 is 1. The molecule has 1 aromatic carbocycles. The van der Waals surface area contributed by atoms with E-state index in [1.54, 1.807) is 25.3 Å². The second-order valence-corrected chi connectivity index (χ2v) is 5.93. The van der Waals surface area contributed by atoms with Crippen molar-refractivity contribution < 1.29 is 9.53 Å². The third kappa shape index (κ3) is 4.69. The molecule has 0 fully saturated rings. The Morgan fingerprint density at radius 2 is 2.08 bits per heavy atom. The van der Waals surface area contributed by atoms with Crippen LogP contribution in [0.25, 0.3) is 11.4 Å². The lowest BCUT2D eigenvalue weighted by molar-refractivity contribution is -0.116. The monoisotopic (exact) mass is 354 g/mol. The summed E-state index contributed by atoms with van der Waals surface area (Å²) in [5.74, 6) is 1.03. The number of carbonyl (C=O) groups excluding carboxylic acids is 1. The first-order valence-electron chi connectivity index (χ1n) is 8.59. The lowest BCUT2D eigenvalue weighted by atomic mass is 10.1. The molecule has 8 nitrogen and oxygen atoms in total. The van der Waals surface area contributed by atoms with E-state index < -0.39 is 0 Å². The lowest BCUT2D eigenvalue weighted by Crippen LogP contribution is -2.11. The van der Waals surface area contributed by atoms with E-state index in [1.807, 2.05) is 12.1 Å². The van der Waals surface area contributed by atoms with Crippen molar-refractivity contribution in [3.8, 4) is 17.1 Å². The fraction of sp³-hybridized carbons (Fsp3) is 0.333. The van der Waals surface area contributed by atoms with Crippen LogP contribution in [0.2, 0.25) is 0 Å². The fourth-order valence-corrected chi connectivity index (χ4v) is 2.74. The molecule has 1 amide bonds. The number of aromatic amines is 1. The summed E-state index contributed by atoms with van der Waals surface area (Å²) >= 11 is 0.